The number of hydrogen-bond acceptors (Lipinski definition) is 1. The van der Waals surface area contributed by atoms with E-state index >= 15 is 0 Å². The Morgan fingerprint density at radius 1 is 0.625 bits per heavy atom. The van der Waals surface area contributed by atoms with Crippen LogP contribution in [0.2, 0.25) is 0 Å². The lowest BCUT2D eigenvalue weighted by molar-refractivity contribution is 0.0166. The lowest BCUT2D eigenvalue weighted by Gasteiger charge is -2.35. The second-order valence-corrected chi connectivity index (χ2v) is 8.67. The zero-order valence-electron chi connectivity index (χ0n) is 18.3. The van der Waals surface area contributed by atoms with Crippen molar-refractivity contribution >= 4 is 21.5 Å². The van der Waals surface area contributed by atoms with Gasteiger partial charge >= 0.3 is 0 Å². The molecule has 0 radical (unpaired) electrons. The van der Waals surface area contributed by atoms with Gasteiger partial charge in [0.05, 0.1) is 0 Å². The second-order valence-electron chi connectivity index (χ2n) is 8.67. The van der Waals surface area contributed by atoms with Crippen molar-refractivity contribution in [3.63, 3.8) is 0 Å². The van der Waals surface area contributed by atoms with Gasteiger partial charge in [0.25, 0.3) is 0 Å². The third-order valence-corrected chi connectivity index (χ3v) is 6.84. The third-order valence-electron chi connectivity index (χ3n) is 6.84. The number of benzene rings is 5. The van der Waals surface area contributed by atoms with Crippen molar-refractivity contribution in [1.29, 1.82) is 0 Å². The predicted molar refractivity (Wildman–Crippen MR) is 134 cm³/mol. The Labute approximate surface area is 189 Å². The molecule has 0 unspecified atom stereocenters. The highest BCUT2D eigenvalue weighted by atomic mass is 16.5. The average Bonchev–Trinajstić information content (AvgIpc) is 3.13. The smallest absolute Gasteiger partial charge is 0.146 e. The highest BCUT2D eigenvalue weighted by Crippen LogP contribution is 2.56. The monoisotopic (exact) mass is 414 g/mol. The van der Waals surface area contributed by atoms with Crippen molar-refractivity contribution in [3.8, 4) is 11.1 Å². The number of ether oxygens (including phenoxy) is 1. The molecule has 156 valence electrons. The Hall–Kier alpha value is -3.42. The van der Waals surface area contributed by atoms with Gasteiger partial charge in [-0.1, -0.05) is 110 Å². The van der Waals surface area contributed by atoms with E-state index in [1.807, 2.05) is 0 Å². The molecule has 5 aromatic rings. The summed E-state index contributed by atoms with van der Waals surface area (Å²) in [7, 11) is 0. The molecule has 32 heavy (non-hydrogen) atoms. The molecule has 1 nitrogen and oxygen atoms in total. The zero-order chi connectivity index (χ0) is 21.5. The Balaban J connectivity index is 1.81. The molecule has 0 heterocycles. The van der Waals surface area contributed by atoms with Gasteiger partial charge in [0.2, 0.25) is 0 Å². The molecule has 0 aliphatic heterocycles. The maximum Gasteiger partial charge on any atom is 0.146 e. The lowest BCUT2D eigenvalue weighted by Crippen LogP contribution is -2.31. The van der Waals surface area contributed by atoms with E-state index in [4.69, 9.17) is 4.74 Å². The van der Waals surface area contributed by atoms with Gasteiger partial charge in [0.15, 0.2) is 0 Å². The van der Waals surface area contributed by atoms with Crippen LogP contribution in [0, 0.1) is 0 Å². The highest BCUT2D eigenvalue weighted by Gasteiger charge is 2.47. The molecule has 0 saturated carbocycles. The first-order chi connectivity index (χ1) is 15.8. The van der Waals surface area contributed by atoms with E-state index in [1.54, 1.807) is 0 Å². The molecular weight excluding hydrogens is 388 g/mol. The molecule has 0 bridgehead atoms. The molecule has 1 aliphatic carbocycles. The fraction of sp³-hybridized carbons (Fsp3) is 0.161. The first-order valence-electron chi connectivity index (χ1n) is 11.6. The van der Waals surface area contributed by atoms with Crippen molar-refractivity contribution in [3.05, 3.63) is 120 Å². The van der Waals surface area contributed by atoms with Crippen LogP contribution in [0.3, 0.4) is 0 Å². The maximum absolute atomic E-state index is 7.09. The summed E-state index contributed by atoms with van der Waals surface area (Å²) in [4.78, 5) is 0. The first-order valence-corrected chi connectivity index (χ1v) is 11.6. The molecule has 0 atom stereocenters. The van der Waals surface area contributed by atoms with Gasteiger partial charge in [-0.25, -0.2) is 0 Å². The van der Waals surface area contributed by atoms with Crippen molar-refractivity contribution in [2.75, 3.05) is 6.61 Å². The van der Waals surface area contributed by atoms with E-state index in [9.17, 15) is 0 Å². The summed E-state index contributed by atoms with van der Waals surface area (Å²) in [5, 5.41) is 5.02. The summed E-state index contributed by atoms with van der Waals surface area (Å²) in [6.45, 7) is 2.94. The van der Waals surface area contributed by atoms with Gasteiger partial charge < -0.3 is 4.74 Å². The number of fused-ring (bicyclic) bond motifs is 5. The fourth-order valence-electron chi connectivity index (χ4n) is 5.45. The standard InChI is InChI=1S/C31H26O/c1-2-3-20-32-31(28-18-10-8-16-26(28)27-17-9-11-19-29(27)31)30-24-14-6-4-12-22(24)21-23-13-5-7-15-25(23)30/h4-19,21H,2-3,20H2,1H3. The van der Waals surface area contributed by atoms with Crippen LogP contribution in [0.4, 0.5) is 0 Å². The molecule has 0 N–H and O–H groups in total. The molecule has 0 amide bonds. The molecule has 0 spiro atoms. The van der Waals surface area contributed by atoms with Crippen molar-refractivity contribution in [2.24, 2.45) is 0 Å². The molecule has 5 aromatic carbocycles. The average molecular weight is 415 g/mol. The number of rotatable bonds is 5. The van der Waals surface area contributed by atoms with Gasteiger partial charge in [-0.05, 0) is 45.2 Å². The minimum absolute atomic E-state index is 0.636. The van der Waals surface area contributed by atoms with Crippen LogP contribution in [0.15, 0.2) is 103 Å². The van der Waals surface area contributed by atoms with E-state index in [2.05, 4.69) is 110 Å². The molecule has 0 saturated heterocycles. The predicted octanol–water partition coefficient (Wildman–Crippen LogP) is 8.08. The minimum atomic E-state index is -0.636. The van der Waals surface area contributed by atoms with Crippen LogP contribution in [-0.4, -0.2) is 6.61 Å². The van der Waals surface area contributed by atoms with Gasteiger partial charge in [-0.2, -0.15) is 0 Å². The van der Waals surface area contributed by atoms with E-state index in [-0.39, 0.29) is 0 Å². The van der Waals surface area contributed by atoms with Crippen LogP contribution in [0.25, 0.3) is 32.7 Å². The SMILES string of the molecule is CCCCOC1(c2c3ccccc3cc3ccccc23)c2ccccc2-c2ccccc21. The molecule has 0 aromatic heterocycles. The maximum atomic E-state index is 7.09. The summed E-state index contributed by atoms with van der Waals surface area (Å²) < 4.78 is 7.09. The van der Waals surface area contributed by atoms with Gasteiger partial charge in [0, 0.05) is 23.3 Å². The van der Waals surface area contributed by atoms with Crippen LogP contribution >= 0.6 is 0 Å². The van der Waals surface area contributed by atoms with Crippen LogP contribution in [-0.2, 0) is 10.3 Å². The van der Waals surface area contributed by atoms with Crippen LogP contribution < -0.4 is 0 Å². The van der Waals surface area contributed by atoms with E-state index in [0.717, 1.165) is 19.4 Å². The Bertz CT molecular complexity index is 1350. The topological polar surface area (TPSA) is 9.23 Å². The molecule has 1 aliphatic rings. The minimum Gasteiger partial charge on any atom is -0.361 e. The van der Waals surface area contributed by atoms with Crippen molar-refractivity contribution in [1.82, 2.24) is 0 Å². The molecular formula is C31H26O. The van der Waals surface area contributed by atoms with E-state index < -0.39 is 5.60 Å². The largest absolute Gasteiger partial charge is 0.361 e. The lowest BCUT2D eigenvalue weighted by atomic mass is 9.78. The number of unbranched alkanes of at least 4 members (excludes halogenated alkanes) is 1. The van der Waals surface area contributed by atoms with E-state index in [0.29, 0.717) is 0 Å². The molecule has 1 heteroatoms. The molecule has 6 rings (SSSR count). The van der Waals surface area contributed by atoms with E-state index in [1.165, 1.54) is 49.4 Å². The summed E-state index contributed by atoms with van der Waals surface area (Å²) in [5.74, 6) is 0. The summed E-state index contributed by atoms with van der Waals surface area (Å²) in [6, 6.07) is 37.4. The summed E-state index contributed by atoms with van der Waals surface area (Å²) >= 11 is 0. The molecule has 0 fully saturated rings. The first kappa shape index (κ1) is 19.3. The quantitative estimate of drug-likeness (QED) is 0.209. The highest BCUT2D eigenvalue weighted by molar-refractivity contribution is 6.05. The van der Waals surface area contributed by atoms with Gasteiger partial charge in [0.1, 0.15) is 5.60 Å². The summed E-state index contributed by atoms with van der Waals surface area (Å²) in [5.41, 5.74) is 5.67. The van der Waals surface area contributed by atoms with Crippen LogP contribution in [0.5, 0.6) is 0 Å². The Morgan fingerprint density at radius 2 is 1.12 bits per heavy atom. The van der Waals surface area contributed by atoms with Crippen molar-refractivity contribution in [2.45, 2.75) is 25.4 Å². The summed E-state index contributed by atoms with van der Waals surface area (Å²) in [6.07, 6.45) is 2.14. The van der Waals surface area contributed by atoms with Crippen molar-refractivity contribution < 1.29 is 4.74 Å². The fourth-order valence-corrected chi connectivity index (χ4v) is 5.45. The third kappa shape index (κ3) is 2.68. The Morgan fingerprint density at radius 3 is 1.69 bits per heavy atom. The second kappa shape index (κ2) is 7.62. The van der Waals surface area contributed by atoms with Gasteiger partial charge in [-0.3, -0.25) is 0 Å². The Kier molecular flexibility index (Phi) is 4.59. The van der Waals surface area contributed by atoms with Gasteiger partial charge in [-0.15, -0.1) is 0 Å². The van der Waals surface area contributed by atoms with Crippen LogP contribution in [0.1, 0.15) is 36.5 Å². The normalized spacial score (nSPS) is 13.9. The zero-order valence-corrected chi connectivity index (χ0v) is 18.3. The number of hydrogen-bond donors (Lipinski definition) is 0.